The Kier molecular flexibility index (Phi) is 5.65. The average Bonchev–Trinajstić information content (AvgIpc) is 2.81. The lowest BCUT2D eigenvalue weighted by Crippen LogP contribution is -2.43. The molecule has 33 heavy (non-hydrogen) atoms. The molecule has 2 heterocycles. The molecular formula is C26H32N2O4S. The molecule has 0 saturated carbocycles. The van der Waals surface area contributed by atoms with E-state index in [9.17, 15) is 8.42 Å². The Morgan fingerprint density at radius 3 is 2.42 bits per heavy atom. The molecule has 0 spiro atoms. The fourth-order valence-corrected chi connectivity index (χ4v) is 6.39. The third-order valence-corrected chi connectivity index (χ3v) is 7.89. The summed E-state index contributed by atoms with van der Waals surface area (Å²) in [5.41, 5.74) is 4.33. The van der Waals surface area contributed by atoms with E-state index >= 15 is 0 Å². The smallest absolute Gasteiger partial charge is 0.229 e. The van der Waals surface area contributed by atoms with Crippen molar-refractivity contribution in [1.29, 1.82) is 0 Å². The van der Waals surface area contributed by atoms with Gasteiger partial charge in [-0.1, -0.05) is 25.5 Å². The van der Waals surface area contributed by atoms with Crippen LogP contribution < -0.4 is 14.2 Å². The van der Waals surface area contributed by atoms with Gasteiger partial charge in [0.25, 0.3) is 0 Å². The molecule has 0 aliphatic carbocycles. The zero-order valence-electron chi connectivity index (χ0n) is 19.8. The van der Waals surface area contributed by atoms with Crippen molar-refractivity contribution in [1.82, 2.24) is 4.90 Å². The highest BCUT2D eigenvalue weighted by molar-refractivity contribution is 7.92. The largest absolute Gasteiger partial charge is 0.493 e. The first kappa shape index (κ1) is 22.3. The van der Waals surface area contributed by atoms with Crippen LogP contribution >= 0.6 is 0 Å². The molecule has 7 heteroatoms. The van der Waals surface area contributed by atoms with Gasteiger partial charge < -0.3 is 9.47 Å². The van der Waals surface area contributed by atoms with E-state index in [1.54, 1.807) is 14.2 Å². The Labute approximate surface area is 195 Å². The molecule has 1 atom stereocenters. The quantitative estimate of drug-likeness (QED) is 0.542. The van der Waals surface area contributed by atoms with Crippen LogP contribution in [0.1, 0.15) is 42.9 Å². The van der Waals surface area contributed by atoms with Crippen LogP contribution in [0.4, 0.5) is 5.69 Å². The Balaban J connectivity index is 1.92. The molecule has 1 N–H and O–H groups in total. The van der Waals surface area contributed by atoms with Gasteiger partial charge >= 0.3 is 0 Å². The lowest BCUT2D eigenvalue weighted by Gasteiger charge is -2.41. The van der Waals surface area contributed by atoms with Gasteiger partial charge in [0.2, 0.25) is 10.0 Å². The van der Waals surface area contributed by atoms with Gasteiger partial charge in [-0.25, -0.2) is 8.42 Å². The summed E-state index contributed by atoms with van der Waals surface area (Å²) in [5.74, 6) is 1.34. The third-order valence-electron chi connectivity index (χ3n) is 7.32. The number of hydrogen-bond donors (Lipinski definition) is 1. The van der Waals surface area contributed by atoms with E-state index in [1.165, 1.54) is 36.6 Å². The summed E-state index contributed by atoms with van der Waals surface area (Å²) < 4.78 is 38.9. The fraction of sp³-hybridized carbons (Fsp3) is 0.462. The normalized spacial score (nSPS) is 18.7. The molecule has 2 aliphatic rings. The summed E-state index contributed by atoms with van der Waals surface area (Å²) in [6.45, 7) is 4.07. The van der Waals surface area contributed by atoms with Gasteiger partial charge in [0.05, 0.1) is 26.2 Å². The second-order valence-electron chi connectivity index (χ2n) is 9.28. The van der Waals surface area contributed by atoms with E-state index in [-0.39, 0.29) is 0 Å². The molecule has 3 aromatic carbocycles. The predicted octanol–water partition coefficient (Wildman–Crippen LogP) is 4.85. The number of nitrogens with one attached hydrogen (secondary N) is 1. The lowest BCUT2D eigenvalue weighted by molar-refractivity contribution is 0.128. The number of anilines is 1. The molecule has 3 aromatic rings. The SMILES string of the molecule is CCc1ccc2c3c(c4cc(OC)c(OC)cc4c2c1NS(C)(=O)=O)CC1CCCCN1C3. The van der Waals surface area contributed by atoms with Crippen LogP contribution in [0.2, 0.25) is 0 Å². The van der Waals surface area contributed by atoms with Gasteiger partial charge in [-0.2, -0.15) is 0 Å². The molecule has 1 saturated heterocycles. The van der Waals surface area contributed by atoms with Crippen LogP contribution in [0.3, 0.4) is 0 Å². The zero-order chi connectivity index (χ0) is 23.3. The minimum absolute atomic E-state index is 0.559. The van der Waals surface area contributed by atoms with Gasteiger partial charge in [-0.15, -0.1) is 0 Å². The van der Waals surface area contributed by atoms with Crippen molar-refractivity contribution in [2.75, 3.05) is 31.7 Å². The van der Waals surface area contributed by atoms with Crippen LogP contribution in [-0.2, 0) is 29.4 Å². The Bertz CT molecular complexity index is 1350. The molecule has 1 unspecified atom stereocenters. The molecule has 176 valence electrons. The fourth-order valence-electron chi connectivity index (χ4n) is 5.79. The van der Waals surface area contributed by atoms with Crippen molar-refractivity contribution in [2.45, 2.75) is 51.6 Å². The van der Waals surface area contributed by atoms with Crippen molar-refractivity contribution in [3.05, 3.63) is 41.0 Å². The number of ether oxygens (including phenoxy) is 2. The first-order chi connectivity index (χ1) is 15.8. The summed E-state index contributed by atoms with van der Waals surface area (Å²) in [7, 11) is -0.160. The number of methoxy groups -OCH3 is 2. The number of rotatable bonds is 5. The van der Waals surface area contributed by atoms with Crippen LogP contribution in [0.25, 0.3) is 21.5 Å². The zero-order valence-corrected chi connectivity index (χ0v) is 20.6. The number of piperidine rings is 1. The van der Waals surface area contributed by atoms with Crippen LogP contribution in [0.15, 0.2) is 24.3 Å². The molecule has 0 bridgehead atoms. The highest BCUT2D eigenvalue weighted by Crippen LogP contribution is 2.46. The Morgan fingerprint density at radius 1 is 1.03 bits per heavy atom. The van der Waals surface area contributed by atoms with Crippen LogP contribution in [-0.4, -0.2) is 46.4 Å². The maximum absolute atomic E-state index is 12.4. The average molecular weight is 469 g/mol. The minimum atomic E-state index is -3.46. The van der Waals surface area contributed by atoms with E-state index in [1.807, 2.05) is 6.07 Å². The maximum atomic E-state index is 12.4. The van der Waals surface area contributed by atoms with Crippen molar-refractivity contribution in [3.63, 3.8) is 0 Å². The predicted molar refractivity (Wildman–Crippen MR) is 134 cm³/mol. The minimum Gasteiger partial charge on any atom is -0.493 e. The molecule has 2 aliphatic heterocycles. The maximum Gasteiger partial charge on any atom is 0.229 e. The molecule has 6 nitrogen and oxygen atoms in total. The second kappa shape index (κ2) is 8.37. The van der Waals surface area contributed by atoms with E-state index in [2.05, 4.69) is 34.7 Å². The molecule has 0 aromatic heterocycles. The molecule has 0 radical (unpaired) electrons. The number of benzene rings is 3. The Hall–Kier alpha value is -2.51. The summed E-state index contributed by atoms with van der Waals surface area (Å²) in [5, 5.41) is 4.21. The first-order valence-electron chi connectivity index (χ1n) is 11.7. The molecular weight excluding hydrogens is 436 g/mol. The van der Waals surface area contributed by atoms with E-state index in [0.29, 0.717) is 23.2 Å². The van der Waals surface area contributed by atoms with Gasteiger partial charge in [-0.05, 0) is 77.2 Å². The first-order valence-corrected chi connectivity index (χ1v) is 13.6. The number of hydrogen-bond acceptors (Lipinski definition) is 5. The number of sulfonamides is 1. The van der Waals surface area contributed by atoms with E-state index in [0.717, 1.165) is 53.0 Å². The van der Waals surface area contributed by atoms with Gasteiger partial charge in [0, 0.05) is 18.0 Å². The van der Waals surface area contributed by atoms with Gasteiger partial charge in [-0.3, -0.25) is 9.62 Å². The lowest BCUT2D eigenvalue weighted by atomic mass is 9.81. The van der Waals surface area contributed by atoms with Crippen molar-refractivity contribution < 1.29 is 17.9 Å². The molecule has 0 amide bonds. The molecule has 5 rings (SSSR count). The summed E-state index contributed by atoms with van der Waals surface area (Å²) >= 11 is 0. The number of fused-ring (bicyclic) bond motifs is 7. The van der Waals surface area contributed by atoms with E-state index < -0.39 is 10.0 Å². The third kappa shape index (κ3) is 3.81. The summed E-state index contributed by atoms with van der Waals surface area (Å²) in [6, 6.07) is 8.90. The number of nitrogens with zero attached hydrogens (tertiary/aromatic N) is 1. The van der Waals surface area contributed by atoms with Gasteiger partial charge in [0.15, 0.2) is 11.5 Å². The highest BCUT2D eigenvalue weighted by Gasteiger charge is 2.32. The monoisotopic (exact) mass is 468 g/mol. The van der Waals surface area contributed by atoms with Crippen molar-refractivity contribution in [2.24, 2.45) is 0 Å². The molecule has 1 fully saturated rings. The highest BCUT2D eigenvalue weighted by atomic mass is 32.2. The summed E-state index contributed by atoms with van der Waals surface area (Å²) in [6.07, 6.45) is 6.69. The van der Waals surface area contributed by atoms with E-state index in [4.69, 9.17) is 9.47 Å². The van der Waals surface area contributed by atoms with Gasteiger partial charge in [0.1, 0.15) is 0 Å². The van der Waals surface area contributed by atoms with Crippen LogP contribution in [0, 0.1) is 0 Å². The number of aryl methyl sites for hydroxylation is 1. The Morgan fingerprint density at radius 2 is 1.76 bits per heavy atom. The topological polar surface area (TPSA) is 67.9 Å². The van der Waals surface area contributed by atoms with Crippen molar-refractivity contribution >= 4 is 37.3 Å². The summed E-state index contributed by atoms with van der Waals surface area (Å²) in [4.78, 5) is 2.61. The van der Waals surface area contributed by atoms with Crippen LogP contribution in [0.5, 0.6) is 11.5 Å². The standard InChI is InChI=1S/C26H32N2O4S/c1-5-16-9-10-18-22-15-28-11-7-6-8-17(28)12-19(22)20-13-23(31-2)24(32-3)14-21(20)25(18)26(16)27-33(4,29)30/h9-10,13-14,17,27H,5-8,11-12,15H2,1-4H3. The van der Waals surface area contributed by atoms with Crippen molar-refractivity contribution in [3.8, 4) is 11.5 Å². The second-order valence-corrected chi connectivity index (χ2v) is 11.0.